The van der Waals surface area contributed by atoms with Gasteiger partial charge in [0.15, 0.2) is 5.69 Å². The molecule has 2 aromatic heterocycles. The van der Waals surface area contributed by atoms with Crippen molar-refractivity contribution < 1.29 is 21.4 Å². The van der Waals surface area contributed by atoms with Gasteiger partial charge in [0.25, 0.3) is 5.65 Å². The zero-order valence-electron chi connectivity index (χ0n) is 12.9. The number of halogens is 1. The van der Waals surface area contributed by atoms with E-state index in [4.69, 9.17) is 0 Å². The van der Waals surface area contributed by atoms with Crippen molar-refractivity contribution in [2.45, 2.75) is 6.92 Å². The van der Waals surface area contributed by atoms with Crippen LogP contribution in [0.25, 0.3) is 22.6 Å². The SMILES string of the molecule is Cc1ccc(-n2c(-c3ccccc3)c[n+]3ccccc23)cc1.[Br-]. The van der Waals surface area contributed by atoms with E-state index in [-0.39, 0.29) is 17.0 Å². The highest BCUT2D eigenvalue weighted by atomic mass is 79.9. The predicted molar refractivity (Wildman–Crippen MR) is 89.1 cm³/mol. The average Bonchev–Trinajstić information content (AvgIpc) is 2.96. The van der Waals surface area contributed by atoms with Crippen molar-refractivity contribution >= 4 is 5.65 Å². The minimum atomic E-state index is 0. The average molecular weight is 365 g/mol. The Morgan fingerprint density at radius 2 is 1.48 bits per heavy atom. The Morgan fingerprint density at radius 3 is 2.22 bits per heavy atom. The Hall–Kier alpha value is -2.39. The molecule has 4 rings (SSSR count). The summed E-state index contributed by atoms with van der Waals surface area (Å²) < 4.78 is 4.47. The van der Waals surface area contributed by atoms with Crippen LogP contribution < -0.4 is 21.4 Å². The van der Waals surface area contributed by atoms with Crippen LogP contribution in [-0.2, 0) is 0 Å². The Morgan fingerprint density at radius 1 is 0.783 bits per heavy atom. The van der Waals surface area contributed by atoms with Crippen LogP contribution in [0.4, 0.5) is 0 Å². The molecular formula is C20H17BrN2. The molecule has 0 atom stereocenters. The molecule has 23 heavy (non-hydrogen) atoms. The number of pyridine rings is 1. The van der Waals surface area contributed by atoms with E-state index in [9.17, 15) is 0 Å². The first-order chi connectivity index (χ1) is 10.8. The van der Waals surface area contributed by atoms with Gasteiger partial charge in [-0.2, -0.15) is 4.57 Å². The number of aryl methyl sites for hydroxylation is 1. The number of benzene rings is 2. The number of aromatic nitrogens is 2. The molecule has 0 bridgehead atoms. The van der Waals surface area contributed by atoms with Crippen LogP contribution in [0.3, 0.4) is 0 Å². The van der Waals surface area contributed by atoms with Gasteiger partial charge < -0.3 is 17.0 Å². The van der Waals surface area contributed by atoms with Crippen molar-refractivity contribution in [2.75, 3.05) is 0 Å². The number of nitrogens with zero attached hydrogens (tertiary/aromatic N) is 2. The van der Waals surface area contributed by atoms with Crippen molar-refractivity contribution in [2.24, 2.45) is 0 Å². The van der Waals surface area contributed by atoms with E-state index in [2.05, 4.69) is 101 Å². The molecule has 114 valence electrons. The Balaban J connectivity index is 0.00000156. The van der Waals surface area contributed by atoms with Crippen molar-refractivity contribution in [3.05, 3.63) is 90.8 Å². The molecule has 0 aliphatic rings. The highest BCUT2D eigenvalue weighted by molar-refractivity contribution is 5.65. The fourth-order valence-electron chi connectivity index (χ4n) is 2.84. The smallest absolute Gasteiger partial charge is 0.291 e. The van der Waals surface area contributed by atoms with Crippen LogP contribution in [-0.4, -0.2) is 4.57 Å². The lowest BCUT2D eigenvalue weighted by Gasteiger charge is -2.03. The van der Waals surface area contributed by atoms with Crippen molar-refractivity contribution in [3.8, 4) is 16.9 Å². The summed E-state index contributed by atoms with van der Waals surface area (Å²) in [5.74, 6) is 0. The normalized spacial score (nSPS) is 10.5. The van der Waals surface area contributed by atoms with Gasteiger partial charge >= 0.3 is 0 Å². The maximum atomic E-state index is 2.30. The summed E-state index contributed by atoms with van der Waals surface area (Å²) >= 11 is 0. The number of hydrogen-bond donors (Lipinski definition) is 0. The maximum Gasteiger partial charge on any atom is 0.291 e. The molecule has 4 aromatic rings. The molecule has 3 heteroatoms. The zero-order chi connectivity index (χ0) is 14.9. The second-order valence-corrected chi connectivity index (χ2v) is 5.52. The number of fused-ring (bicyclic) bond motifs is 1. The quantitative estimate of drug-likeness (QED) is 0.472. The second kappa shape index (κ2) is 6.39. The lowest BCUT2D eigenvalue weighted by Crippen LogP contribution is -3.00. The van der Waals surface area contributed by atoms with Gasteiger partial charge in [0.1, 0.15) is 11.9 Å². The van der Waals surface area contributed by atoms with Crippen LogP contribution >= 0.6 is 0 Å². The standard InChI is InChI=1S/C20H17N2.BrH/c1-16-10-12-18(13-11-16)22-19(17-7-3-2-4-8-17)15-21-14-6-5-9-20(21)22;/h2-15H,1H3;1H/q+1;/p-1. The van der Waals surface area contributed by atoms with Crippen molar-refractivity contribution in [1.29, 1.82) is 0 Å². The first-order valence-corrected chi connectivity index (χ1v) is 7.47. The molecule has 0 aliphatic heterocycles. The van der Waals surface area contributed by atoms with Crippen LogP contribution in [0.2, 0.25) is 0 Å². The lowest BCUT2D eigenvalue weighted by molar-refractivity contribution is -0.510. The van der Waals surface area contributed by atoms with E-state index >= 15 is 0 Å². The number of imidazole rings is 1. The van der Waals surface area contributed by atoms with E-state index < -0.39 is 0 Å². The summed E-state index contributed by atoms with van der Waals surface area (Å²) in [6.45, 7) is 2.12. The van der Waals surface area contributed by atoms with Crippen LogP contribution in [0.1, 0.15) is 5.56 Å². The molecular weight excluding hydrogens is 348 g/mol. The van der Waals surface area contributed by atoms with Gasteiger partial charge in [-0.25, -0.2) is 4.40 Å². The number of rotatable bonds is 2. The fraction of sp³-hybridized carbons (Fsp3) is 0.0500. The maximum absolute atomic E-state index is 2.30. The van der Waals surface area contributed by atoms with Gasteiger partial charge in [-0.05, 0) is 25.1 Å². The van der Waals surface area contributed by atoms with Crippen LogP contribution in [0.15, 0.2) is 85.2 Å². The molecule has 0 amide bonds. The van der Waals surface area contributed by atoms with Crippen molar-refractivity contribution in [3.63, 3.8) is 0 Å². The predicted octanol–water partition coefficient (Wildman–Crippen LogP) is 1.20. The van der Waals surface area contributed by atoms with Gasteiger partial charge in [0.05, 0.1) is 6.20 Å². The third kappa shape index (κ3) is 2.80. The summed E-state index contributed by atoms with van der Waals surface area (Å²) in [7, 11) is 0. The van der Waals surface area contributed by atoms with Crippen LogP contribution in [0, 0.1) is 6.92 Å². The summed E-state index contributed by atoms with van der Waals surface area (Å²) in [5.41, 5.74) is 6.01. The largest absolute Gasteiger partial charge is 1.00 e. The van der Waals surface area contributed by atoms with E-state index in [0.717, 1.165) is 5.65 Å². The number of hydrogen-bond acceptors (Lipinski definition) is 0. The van der Waals surface area contributed by atoms with E-state index in [1.165, 1.54) is 22.5 Å². The fourth-order valence-corrected chi connectivity index (χ4v) is 2.84. The molecule has 2 aromatic carbocycles. The van der Waals surface area contributed by atoms with E-state index in [0.29, 0.717) is 0 Å². The first-order valence-electron chi connectivity index (χ1n) is 7.47. The molecule has 2 heterocycles. The first kappa shape index (κ1) is 15.5. The van der Waals surface area contributed by atoms with Crippen LogP contribution in [0.5, 0.6) is 0 Å². The lowest BCUT2D eigenvalue weighted by atomic mass is 10.1. The summed E-state index contributed by atoms with van der Waals surface area (Å²) in [6, 6.07) is 25.5. The molecule has 0 saturated heterocycles. The monoisotopic (exact) mass is 364 g/mol. The zero-order valence-corrected chi connectivity index (χ0v) is 14.4. The third-order valence-corrected chi connectivity index (χ3v) is 3.96. The minimum absolute atomic E-state index is 0. The molecule has 0 spiro atoms. The van der Waals surface area contributed by atoms with Gasteiger partial charge in [0.2, 0.25) is 0 Å². The Kier molecular flexibility index (Phi) is 4.30. The van der Waals surface area contributed by atoms with Gasteiger partial charge in [-0.15, -0.1) is 0 Å². The topological polar surface area (TPSA) is 9.03 Å². The van der Waals surface area contributed by atoms with Gasteiger partial charge in [-0.1, -0.05) is 54.1 Å². The van der Waals surface area contributed by atoms with Gasteiger partial charge in [0, 0.05) is 11.6 Å². The molecule has 0 fully saturated rings. The van der Waals surface area contributed by atoms with E-state index in [1.54, 1.807) is 0 Å². The Bertz CT molecular complexity index is 925. The highest BCUT2D eigenvalue weighted by Crippen LogP contribution is 2.24. The molecule has 2 nitrogen and oxygen atoms in total. The second-order valence-electron chi connectivity index (χ2n) is 5.52. The molecule has 0 N–H and O–H groups in total. The van der Waals surface area contributed by atoms with Gasteiger partial charge in [-0.3, -0.25) is 0 Å². The summed E-state index contributed by atoms with van der Waals surface area (Å²) in [4.78, 5) is 0. The summed E-state index contributed by atoms with van der Waals surface area (Å²) in [6.07, 6.45) is 4.27. The molecule has 0 radical (unpaired) electrons. The van der Waals surface area contributed by atoms with Crippen molar-refractivity contribution in [1.82, 2.24) is 4.57 Å². The molecule has 0 saturated carbocycles. The Labute approximate surface area is 146 Å². The molecule has 0 unspecified atom stereocenters. The van der Waals surface area contributed by atoms with E-state index in [1.807, 2.05) is 0 Å². The minimum Gasteiger partial charge on any atom is -1.00 e. The third-order valence-electron chi connectivity index (χ3n) is 3.96. The molecule has 0 aliphatic carbocycles. The highest BCUT2D eigenvalue weighted by Gasteiger charge is 2.20. The summed E-state index contributed by atoms with van der Waals surface area (Å²) in [5, 5.41) is 0.